The number of hydroxylamine groups is 1. The van der Waals surface area contributed by atoms with Crippen LogP contribution in [0.1, 0.15) is 39.5 Å². The molecule has 1 N–H and O–H groups in total. The van der Waals surface area contributed by atoms with Crippen LogP contribution >= 0.6 is 0 Å². The Morgan fingerprint density at radius 2 is 2.15 bits per heavy atom. The van der Waals surface area contributed by atoms with Gasteiger partial charge in [0.2, 0.25) is 0 Å². The van der Waals surface area contributed by atoms with E-state index in [9.17, 15) is 4.79 Å². The SMILES string of the molecule is CCCCC=C(CC)C(=O)NOC. The summed E-state index contributed by atoms with van der Waals surface area (Å²) in [7, 11) is 1.44. The van der Waals surface area contributed by atoms with Gasteiger partial charge in [-0.1, -0.05) is 32.8 Å². The average Bonchev–Trinajstić information content (AvgIpc) is 2.13. The van der Waals surface area contributed by atoms with E-state index in [4.69, 9.17) is 0 Å². The molecule has 0 aliphatic heterocycles. The molecule has 0 radical (unpaired) electrons. The topological polar surface area (TPSA) is 38.3 Å². The average molecular weight is 185 g/mol. The van der Waals surface area contributed by atoms with Crippen molar-refractivity contribution in [3.05, 3.63) is 11.6 Å². The molecule has 1 amide bonds. The summed E-state index contributed by atoms with van der Waals surface area (Å²) in [5.74, 6) is -0.124. The molecule has 76 valence electrons. The van der Waals surface area contributed by atoms with Crippen LogP contribution in [0, 0.1) is 0 Å². The first kappa shape index (κ1) is 12.2. The normalized spacial score (nSPS) is 11.5. The van der Waals surface area contributed by atoms with Crippen molar-refractivity contribution >= 4 is 5.91 Å². The molecular formula is C10H19NO2. The van der Waals surface area contributed by atoms with E-state index in [1.54, 1.807) is 0 Å². The molecular weight excluding hydrogens is 166 g/mol. The summed E-state index contributed by atoms with van der Waals surface area (Å²) in [4.78, 5) is 15.8. The maximum absolute atomic E-state index is 11.3. The van der Waals surface area contributed by atoms with Crippen LogP contribution in [-0.2, 0) is 9.63 Å². The van der Waals surface area contributed by atoms with Gasteiger partial charge in [0.15, 0.2) is 0 Å². The molecule has 3 heteroatoms. The number of nitrogens with one attached hydrogen (secondary N) is 1. The zero-order chi connectivity index (χ0) is 10.1. The number of carbonyl (C=O) groups excluding carboxylic acids is 1. The van der Waals surface area contributed by atoms with Gasteiger partial charge in [-0.05, 0) is 12.8 Å². The van der Waals surface area contributed by atoms with Gasteiger partial charge < -0.3 is 0 Å². The van der Waals surface area contributed by atoms with E-state index >= 15 is 0 Å². The summed E-state index contributed by atoms with van der Waals surface area (Å²) in [6, 6.07) is 0. The lowest BCUT2D eigenvalue weighted by molar-refractivity contribution is -0.127. The molecule has 0 aromatic heterocycles. The Bertz CT molecular complexity index is 176. The minimum absolute atomic E-state index is 0.124. The Hall–Kier alpha value is -0.830. The number of unbranched alkanes of at least 4 members (excludes halogenated alkanes) is 2. The van der Waals surface area contributed by atoms with E-state index in [0.717, 1.165) is 31.3 Å². The van der Waals surface area contributed by atoms with Gasteiger partial charge in [0.1, 0.15) is 0 Å². The summed E-state index contributed by atoms with van der Waals surface area (Å²) >= 11 is 0. The Balaban J connectivity index is 3.99. The van der Waals surface area contributed by atoms with E-state index in [-0.39, 0.29) is 5.91 Å². The first-order valence-corrected chi connectivity index (χ1v) is 4.78. The van der Waals surface area contributed by atoms with E-state index in [1.165, 1.54) is 7.11 Å². The molecule has 0 aliphatic carbocycles. The van der Waals surface area contributed by atoms with Crippen LogP contribution in [0.2, 0.25) is 0 Å². The molecule has 0 heterocycles. The molecule has 0 aromatic rings. The van der Waals surface area contributed by atoms with Crippen LogP contribution in [0.15, 0.2) is 11.6 Å². The fraction of sp³-hybridized carbons (Fsp3) is 0.700. The van der Waals surface area contributed by atoms with Crippen molar-refractivity contribution in [3.63, 3.8) is 0 Å². The van der Waals surface area contributed by atoms with E-state index in [1.807, 2.05) is 13.0 Å². The smallest absolute Gasteiger partial charge is 0.270 e. The molecule has 0 fully saturated rings. The van der Waals surface area contributed by atoms with Gasteiger partial charge in [-0.15, -0.1) is 0 Å². The van der Waals surface area contributed by atoms with Gasteiger partial charge in [-0.25, -0.2) is 5.48 Å². The van der Waals surface area contributed by atoms with Crippen LogP contribution < -0.4 is 5.48 Å². The van der Waals surface area contributed by atoms with E-state index in [2.05, 4.69) is 17.2 Å². The highest BCUT2D eigenvalue weighted by Crippen LogP contribution is 2.05. The van der Waals surface area contributed by atoms with Gasteiger partial charge in [0, 0.05) is 5.57 Å². The number of hydrogen-bond donors (Lipinski definition) is 1. The number of allylic oxidation sites excluding steroid dienone is 1. The molecule has 3 nitrogen and oxygen atoms in total. The standard InChI is InChI=1S/C10H19NO2/c1-4-6-7-8-9(5-2)10(12)11-13-3/h8H,4-7H2,1-3H3,(H,11,12). The number of amides is 1. The highest BCUT2D eigenvalue weighted by Gasteiger charge is 2.04. The summed E-state index contributed by atoms with van der Waals surface area (Å²) in [5.41, 5.74) is 3.12. The largest absolute Gasteiger partial charge is 0.277 e. The Labute approximate surface area is 80.1 Å². The number of carbonyl (C=O) groups is 1. The third-order valence-electron chi connectivity index (χ3n) is 1.82. The van der Waals surface area contributed by atoms with Gasteiger partial charge >= 0.3 is 0 Å². The lowest BCUT2D eigenvalue weighted by Crippen LogP contribution is -2.23. The van der Waals surface area contributed by atoms with E-state index < -0.39 is 0 Å². The lowest BCUT2D eigenvalue weighted by Gasteiger charge is -2.04. The molecule has 0 rings (SSSR count). The predicted molar refractivity (Wildman–Crippen MR) is 53.1 cm³/mol. The Morgan fingerprint density at radius 1 is 1.46 bits per heavy atom. The monoisotopic (exact) mass is 185 g/mol. The summed E-state index contributed by atoms with van der Waals surface area (Å²) in [6.45, 7) is 4.10. The highest BCUT2D eigenvalue weighted by atomic mass is 16.6. The van der Waals surface area contributed by atoms with Crippen LogP contribution in [-0.4, -0.2) is 13.0 Å². The van der Waals surface area contributed by atoms with Gasteiger partial charge in [0.05, 0.1) is 7.11 Å². The highest BCUT2D eigenvalue weighted by molar-refractivity contribution is 5.92. The minimum Gasteiger partial charge on any atom is -0.277 e. The predicted octanol–water partition coefficient (Wildman–Crippen LogP) is 2.19. The second-order valence-electron chi connectivity index (χ2n) is 2.86. The minimum atomic E-state index is -0.124. The van der Waals surface area contributed by atoms with Gasteiger partial charge in [-0.3, -0.25) is 9.63 Å². The van der Waals surface area contributed by atoms with Crippen LogP contribution in [0.5, 0.6) is 0 Å². The molecule has 13 heavy (non-hydrogen) atoms. The molecule has 0 bridgehead atoms. The fourth-order valence-corrected chi connectivity index (χ4v) is 1.04. The molecule has 0 aliphatic rings. The second kappa shape index (κ2) is 7.80. The summed E-state index contributed by atoms with van der Waals surface area (Å²) in [6.07, 6.45) is 5.98. The first-order chi connectivity index (χ1) is 6.26. The molecule has 0 saturated heterocycles. The molecule has 0 spiro atoms. The van der Waals surface area contributed by atoms with Crippen molar-refractivity contribution in [3.8, 4) is 0 Å². The van der Waals surface area contributed by atoms with Crippen molar-refractivity contribution in [2.45, 2.75) is 39.5 Å². The third kappa shape index (κ3) is 5.42. The Morgan fingerprint density at radius 3 is 2.62 bits per heavy atom. The van der Waals surface area contributed by atoms with Crippen molar-refractivity contribution in [1.29, 1.82) is 0 Å². The maximum Gasteiger partial charge on any atom is 0.270 e. The quantitative estimate of drug-likeness (QED) is 0.391. The lowest BCUT2D eigenvalue weighted by atomic mass is 10.1. The molecule has 0 atom stereocenters. The zero-order valence-corrected chi connectivity index (χ0v) is 8.72. The summed E-state index contributed by atoms with van der Waals surface area (Å²) < 4.78 is 0. The van der Waals surface area contributed by atoms with Gasteiger partial charge in [0.25, 0.3) is 5.91 Å². The van der Waals surface area contributed by atoms with Crippen LogP contribution in [0.4, 0.5) is 0 Å². The number of rotatable bonds is 6. The number of hydrogen-bond acceptors (Lipinski definition) is 2. The molecule has 0 saturated carbocycles. The molecule has 0 unspecified atom stereocenters. The van der Waals surface area contributed by atoms with E-state index in [0.29, 0.717) is 0 Å². The van der Waals surface area contributed by atoms with Crippen LogP contribution in [0.25, 0.3) is 0 Å². The zero-order valence-electron chi connectivity index (χ0n) is 8.72. The van der Waals surface area contributed by atoms with Crippen LogP contribution in [0.3, 0.4) is 0 Å². The first-order valence-electron chi connectivity index (χ1n) is 4.78. The Kier molecular flexibility index (Phi) is 7.30. The second-order valence-corrected chi connectivity index (χ2v) is 2.86. The maximum atomic E-state index is 11.3. The molecule has 0 aromatic carbocycles. The fourth-order valence-electron chi connectivity index (χ4n) is 1.04. The van der Waals surface area contributed by atoms with Crippen molar-refractivity contribution in [2.75, 3.05) is 7.11 Å². The summed E-state index contributed by atoms with van der Waals surface area (Å²) in [5, 5.41) is 0. The van der Waals surface area contributed by atoms with Gasteiger partial charge in [-0.2, -0.15) is 0 Å². The third-order valence-corrected chi connectivity index (χ3v) is 1.82. The van der Waals surface area contributed by atoms with Crippen molar-refractivity contribution in [2.24, 2.45) is 0 Å². The van der Waals surface area contributed by atoms with Crippen molar-refractivity contribution < 1.29 is 9.63 Å². The van der Waals surface area contributed by atoms with Crippen molar-refractivity contribution in [1.82, 2.24) is 5.48 Å².